The summed E-state index contributed by atoms with van der Waals surface area (Å²) < 4.78 is 0.631. The topological polar surface area (TPSA) is 40.7 Å². The first kappa shape index (κ1) is 6.79. The molecule has 11 heavy (non-hydrogen) atoms. The first-order valence-electron chi connectivity index (χ1n) is 3.66. The predicted molar refractivity (Wildman–Crippen MR) is 46.1 cm³/mol. The molecule has 0 unspecified atom stereocenters. The number of hydrogen-bond donors (Lipinski definition) is 2. The molecular formula is C7H9N3S. The Balaban J connectivity index is 2.16. The molecule has 1 aliphatic carbocycles. The molecule has 1 aromatic rings. The van der Waals surface area contributed by atoms with E-state index in [-0.39, 0.29) is 0 Å². The Morgan fingerprint density at radius 2 is 2.45 bits per heavy atom. The maximum atomic E-state index is 4.90. The molecule has 1 heterocycles. The highest BCUT2D eigenvalue weighted by atomic mass is 32.1. The van der Waals surface area contributed by atoms with Crippen LogP contribution in [0.5, 0.6) is 0 Å². The number of aromatic nitrogens is 2. The van der Waals surface area contributed by atoms with Crippen LogP contribution in [0, 0.1) is 4.64 Å². The van der Waals surface area contributed by atoms with Gasteiger partial charge in [0.1, 0.15) is 10.5 Å². The van der Waals surface area contributed by atoms with Crippen LogP contribution in [0.25, 0.3) is 0 Å². The van der Waals surface area contributed by atoms with Crippen LogP contribution < -0.4 is 5.32 Å². The van der Waals surface area contributed by atoms with Crippen LogP contribution in [-0.2, 0) is 0 Å². The fourth-order valence-corrected chi connectivity index (χ4v) is 1.07. The van der Waals surface area contributed by atoms with E-state index in [0.717, 1.165) is 5.82 Å². The van der Waals surface area contributed by atoms with Crippen molar-refractivity contribution in [2.75, 3.05) is 5.32 Å². The van der Waals surface area contributed by atoms with E-state index in [9.17, 15) is 0 Å². The smallest absolute Gasteiger partial charge is 0.131 e. The molecule has 0 aliphatic heterocycles. The van der Waals surface area contributed by atoms with E-state index in [4.69, 9.17) is 12.2 Å². The van der Waals surface area contributed by atoms with Crippen molar-refractivity contribution in [1.29, 1.82) is 0 Å². The maximum absolute atomic E-state index is 4.90. The van der Waals surface area contributed by atoms with E-state index in [1.54, 1.807) is 6.33 Å². The van der Waals surface area contributed by atoms with Gasteiger partial charge in [0.15, 0.2) is 0 Å². The van der Waals surface area contributed by atoms with Crippen LogP contribution in [-0.4, -0.2) is 16.0 Å². The Morgan fingerprint density at radius 1 is 1.64 bits per heavy atom. The van der Waals surface area contributed by atoms with Gasteiger partial charge < -0.3 is 10.3 Å². The van der Waals surface area contributed by atoms with Crippen LogP contribution >= 0.6 is 12.2 Å². The Hall–Kier alpha value is -0.900. The average Bonchev–Trinajstić information content (AvgIpc) is 2.71. The second kappa shape index (κ2) is 2.62. The number of aromatic amines is 1. The van der Waals surface area contributed by atoms with Gasteiger partial charge in [-0.3, -0.25) is 0 Å². The van der Waals surface area contributed by atoms with Crippen molar-refractivity contribution in [2.45, 2.75) is 18.9 Å². The third kappa shape index (κ3) is 1.77. The molecule has 0 amide bonds. The van der Waals surface area contributed by atoms with Gasteiger partial charge in [-0.05, 0) is 12.8 Å². The summed E-state index contributed by atoms with van der Waals surface area (Å²) in [7, 11) is 0. The third-order valence-corrected chi connectivity index (χ3v) is 1.84. The highest BCUT2D eigenvalue weighted by Gasteiger charge is 2.20. The third-order valence-electron chi connectivity index (χ3n) is 1.62. The van der Waals surface area contributed by atoms with E-state index < -0.39 is 0 Å². The van der Waals surface area contributed by atoms with Gasteiger partial charge >= 0.3 is 0 Å². The number of H-pyrrole nitrogens is 1. The number of rotatable bonds is 2. The molecule has 2 rings (SSSR count). The standard InChI is InChI=1S/C7H9N3S/c11-7-3-6(8-4-9-7)10-5-1-2-5/h3-5H,1-2H2,(H2,8,9,10,11). The number of anilines is 1. The van der Waals surface area contributed by atoms with Crippen LogP contribution in [0.15, 0.2) is 12.4 Å². The monoisotopic (exact) mass is 167 g/mol. The number of nitrogens with one attached hydrogen (secondary N) is 2. The lowest BCUT2D eigenvalue weighted by atomic mass is 10.5. The lowest BCUT2D eigenvalue weighted by Crippen LogP contribution is -2.02. The Kier molecular flexibility index (Phi) is 1.62. The SMILES string of the molecule is S=c1cc(NC2CC2)[nH]cn1. The zero-order valence-corrected chi connectivity index (χ0v) is 6.82. The van der Waals surface area contributed by atoms with Gasteiger partial charge in [-0.25, -0.2) is 4.98 Å². The quantitative estimate of drug-likeness (QED) is 0.659. The molecule has 1 saturated carbocycles. The lowest BCUT2D eigenvalue weighted by molar-refractivity contribution is 1.07. The molecule has 0 bridgehead atoms. The van der Waals surface area contributed by atoms with Gasteiger partial charge in [0.05, 0.1) is 6.33 Å². The molecule has 0 spiro atoms. The minimum Gasteiger partial charge on any atom is -0.369 e. The second-order valence-electron chi connectivity index (χ2n) is 2.72. The molecule has 0 aromatic carbocycles. The van der Waals surface area contributed by atoms with Crippen LogP contribution in [0.2, 0.25) is 0 Å². The molecular weight excluding hydrogens is 158 g/mol. The Bertz CT molecular complexity index is 303. The zero-order chi connectivity index (χ0) is 7.68. The first-order chi connectivity index (χ1) is 5.34. The van der Waals surface area contributed by atoms with Crippen molar-refractivity contribution in [3.8, 4) is 0 Å². The van der Waals surface area contributed by atoms with Gasteiger partial charge in [0.2, 0.25) is 0 Å². The largest absolute Gasteiger partial charge is 0.369 e. The summed E-state index contributed by atoms with van der Waals surface area (Å²) in [4.78, 5) is 6.88. The Morgan fingerprint density at radius 3 is 3.09 bits per heavy atom. The number of nitrogens with zero attached hydrogens (tertiary/aromatic N) is 1. The van der Waals surface area contributed by atoms with Crippen molar-refractivity contribution >= 4 is 18.0 Å². The average molecular weight is 167 g/mol. The highest BCUT2D eigenvalue weighted by molar-refractivity contribution is 7.71. The summed E-state index contributed by atoms with van der Waals surface area (Å²) in [5, 5.41) is 3.29. The normalized spacial score (nSPS) is 16.4. The number of hydrogen-bond acceptors (Lipinski definition) is 3. The van der Waals surface area contributed by atoms with Crippen molar-refractivity contribution in [3.05, 3.63) is 17.0 Å². The molecule has 1 aromatic heterocycles. The van der Waals surface area contributed by atoms with E-state index in [1.807, 2.05) is 6.07 Å². The summed E-state index contributed by atoms with van der Waals surface area (Å²) in [6.07, 6.45) is 4.15. The van der Waals surface area contributed by atoms with Crippen molar-refractivity contribution in [1.82, 2.24) is 9.97 Å². The Labute approximate surface area is 69.9 Å². The first-order valence-corrected chi connectivity index (χ1v) is 4.07. The highest BCUT2D eigenvalue weighted by Crippen LogP contribution is 2.22. The molecule has 2 N–H and O–H groups in total. The molecule has 1 aliphatic rings. The lowest BCUT2D eigenvalue weighted by Gasteiger charge is -2.01. The summed E-state index contributed by atoms with van der Waals surface area (Å²) in [5.74, 6) is 0.979. The molecule has 1 fully saturated rings. The molecule has 0 saturated heterocycles. The van der Waals surface area contributed by atoms with Gasteiger partial charge in [0, 0.05) is 12.1 Å². The molecule has 4 heteroatoms. The minimum absolute atomic E-state index is 0.631. The molecule has 0 atom stereocenters. The summed E-state index contributed by atoms with van der Waals surface area (Å²) >= 11 is 4.90. The van der Waals surface area contributed by atoms with E-state index in [0.29, 0.717) is 10.7 Å². The van der Waals surface area contributed by atoms with Gasteiger partial charge in [-0.1, -0.05) is 12.2 Å². The van der Waals surface area contributed by atoms with Gasteiger partial charge in [0.25, 0.3) is 0 Å². The van der Waals surface area contributed by atoms with Crippen LogP contribution in [0.1, 0.15) is 12.8 Å². The fourth-order valence-electron chi connectivity index (χ4n) is 0.899. The minimum atomic E-state index is 0.631. The summed E-state index contributed by atoms with van der Waals surface area (Å²) in [6.45, 7) is 0. The van der Waals surface area contributed by atoms with E-state index in [2.05, 4.69) is 15.3 Å². The van der Waals surface area contributed by atoms with Crippen molar-refractivity contribution in [2.24, 2.45) is 0 Å². The van der Waals surface area contributed by atoms with Crippen molar-refractivity contribution < 1.29 is 0 Å². The zero-order valence-electron chi connectivity index (χ0n) is 6.00. The van der Waals surface area contributed by atoms with Crippen molar-refractivity contribution in [3.63, 3.8) is 0 Å². The summed E-state index contributed by atoms with van der Waals surface area (Å²) in [6, 6.07) is 2.50. The molecule has 0 radical (unpaired) electrons. The van der Waals surface area contributed by atoms with Gasteiger partial charge in [-0.2, -0.15) is 0 Å². The molecule has 58 valence electrons. The predicted octanol–water partition coefficient (Wildman–Crippen LogP) is 1.71. The van der Waals surface area contributed by atoms with E-state index in [1.165, 1.54) is 12.8 Å². The molecule has 3 nitrogen and oxygen atoms in total. The van der Waals surface area contributed by atoms with Crippen LogP contribution in [0.4, 0.5) is 5.82 Å². The van der Waals surface area contributed by atoms with Gasteiger partial charge in [-0.15, -0.1) is 0 Å². The van der Waals surface area contributed by atoms with E-state index >= 15 is 0 Å². The summed E-state index contributed by atoms with van der Waals surface area (Å²) in [5.41, 5.74) is 0. The second-order valence-corrected chi connectivity index (χ2v) is 3.14. The maximum Gasteiger partial charge on any atom is 0.131 e. The fraction of sp³-hybridized carbons (Fsp3) is 0.429. The van der Waals surface area contributed by atoms with Crippen LogP contribution in [0.3, 0.4) is 0 Å².